The molecule has 0 bridgehead atoms. The van der Waals surface area contributed by atoms with Crippen molar-refractivity contribution >= 4 is 58.0 Å². The van der Waals surface area contributed by atoms with Crippen molar-refractivity contribution in [1.29, 1.82) is 5.41 Å². The minimum atomic E-state index is -0.561. The Balaban J connectivity index is 1.35. The molecule has 0 unspecified atom stereocenters. The number of carbonyl (C=O) groups is 2. The Morgan fingerprint density at radius 3 is 2.47 bits per heavy atom. The van der Waals surface area contributed by atoms with E-state index in [0.717, 1.165) is 5.56 Å². The van der Waals surface area contributed by atoms with E-state index < -0.39 is 11.9 Å². The number of carbonyl (C=O) groups excluding carboxylic acids is 2. The molecular formula is C28H20ClN3O5S. The number of hydrogen-bond acceptors (Lipinski definition) is 7. The first kappa shape index (κ1) is 25.3. The highest BCUT2D eigenvalue weighted by atomic mass is 35.5. The number of esters is 1. The number of ether oxygens (including phenoxy) is 3. The number of thioether (sulfide) groups is 1. The second kappa shape index (κ2) is 10.6. The molecule has 0 saturated heterocycles. The maximum atomic E-state index is 12.8. The number of amides is 1. The van der Waals surface area contributed by atoms with Gasteiger partial charge in [-0.2, -0.15) is 4.99 Å². The molecule has 0 radical (unpaired) electrons. The summed E-state index contributed by atoms with van der Waals surface area (Å²) in [4.78, 5) is 31.1. The molecule has 0 aromatic heterocycles. The largest absolute Gasteiger partial charge is 0.493 e. The smallest absolute Gasteiger partial charge is 0.343 e. The van der Waals surface area contributed by atoms with Crippen LogP contribution in [-0.4, -0.2) is 42.0 Å². The van der Waals surface area contributed by atoms with Crippen LogP contribution in [0.1, 0.15) is 21.5 Å². The molecule has 0 aliphatic carbocycles. The predicted octanol–water partition coefficient (Wildman–Crippen LogP) is 5.88. The first-order chi connectivity index (χ1) is 18.4. The summed E-state index contributed by atoms with van der Waals surface area (Å²) >= 11 is 7.65. The molecular weight excluding hydrogens is 526 g/mol. The highest BCUT2D eigenvalue weighted by Crippen LogP contribution is 2.39. The lowest BCUT2D eigenvalue weighted by atomic mass is 10.1. The Morgan fingerprint density at radius 1 is 1.03 bits per heavy atom. The lowest BCUT2D eigenvalue weighted by Gasteiger charge is -2.27. The van der Waals surface area contributed by atoms with Crippen molar-refractivity contribution in [3.05, 3.63) is 99.4 Å². The summed E-state index contributed by atoms with van der Waals surface area (Å²) in [6.07, 6.45) is 1.58. The van der Waals surface area contributed by atoms with Crippen LogP contribution in [0.4, 0.5) is 0 Å². The molecule has 0 saturated carbocycles. The summed E-state index contributed by atoms with van der Waals surface area (Å²) in [7, 11) is 3.00. The fourth-order valence-electron chi connectivity index (χ4n) is 3.89. The maximum Gasteiger partial charge on any atom is 0.343 e. The SMILES string of the molecule is COc1ccc(C(=O)Oc2ccc(C=C3C(=N)N4C(c5ccccc5Cl)=CSC4=NC3=O)cc2)cc1OC. The third kappa shape index (κ3) is 4.81. The number of fused-ring (bicyclic) bond motifs is 1. The van der Waals surface area contributed by atoms with Crippen molar-refractivity contribution in [2.75, 3.05) is 14.2 Å². The van der Waals surface area contributed by atoms with Crippen LogP contribution >= 0.6 is 23.4 Å². The Kier molecular flexibility index (Phi) is 7.04. The summed E-state index contributed by atoms with van der Waals surface area (Å²) in [5, 5.41) is 11.5. The standard InChI is InChI=1S/C28H20ClN3O5S/c1-35-23-12-9-17(14-24(23)36-2)27(34)37-18-10-7-16(8-11-18)13-20-25(30)32-22(15-38-28(32)31-26(20)33)19-5-3-4-6-21(19)29/h3-15,30H,1-2H3. The maximum absolute atomic E-state index is 12.8. The van der Waals surface area contributed by atoms with Crippen LogP contribution in [0.2, 0.25) is 5.02 Å². The molecule has 2 aliphatic heterocycles. The Labute approximate surface area is 227 Å². The summed E-state index contributed by atoms with van der Waals surface area (Å²) in [5.74, 6) is 0.165. The number of methoxy groups -OCH3 is 2. The van der Waals surface area contributed by atoms with Gasteiger partial charge in [-0.3, -0.25) is 15.1 Å². The van der Waals surface area contributed by atoms with Crippen molar-refractivity contribution in [2.24, 2.45) is 4.99 Å². The second-order valence-corrected chi connectivity index (χ2v) is 9.31. The average Bonchev–Trinajstić information content (AvgIpc) is 3.35. The molecule has 3 aromatic carbocycles. The van der Waals surface area contributed by atoms with Crippen LogP contribution in [0.25, 0.3) is 11.8 Å². The summed E-state index contributed by atoms with van der Waals surface area (Å²) in [6.45, 7) is 0. The van der Waals surface area contributed by atoms with Crippen molar-refractivity contribution < 1.29 is 23.8 Å². The highest BCUT2D eigenvalue weighted by molar-refractivity contribution is 8.17. The number of nitrogens with zero attached hydrogens (tertiary/aromatic N) is 2. The van der Waals surface area contributed by atoms with Crippen molar-refractivity contribution in [3.63, 3.8) is 0 Å². The highest BCUT2D eigenvalue weighted by Gasteiger charge is 2.36. The third-order valence-corrected chi connectivity index (χ3v) is 6.94. The molecule has 190 valence electrons. The van der Waals surface area contributed by atoms with E-state index in [1.165, 1.54) is 32.0 Å². The molecule has 38 heavy (non-hydrogen) atoms. The molecule has 1 amide bonds. The molecule has 0 spiro atoms. The minimum absolute atomic E-state index is 0.000118. The quantitative estimate of drug-likeness (QED) is 0.234. The van der Waals surface area contributed by atoms with Gasteiger partial charge in [0.2, 0.25) is 0 Å². The van der Waals surface area contributed by atoms with E-state index in [1.54, 1.807) is 53.4 Å². The van der Waals surface area contributed by atoms with Gasteiger partial charge in [-0.05, 0) is 48.0 Å². The first-order valence-corrected chi connectivity index (χ1v) is 12.5. The molecule has 10 heteroatoms. The minimum Gasteiger partial charge on any atom is -0.493 e. The van der Waals surface area contributed by atoms with E-state index >= 15 is 0 Å². The van der Waals surface area contributed by atoms with Gasteiger partial charge in [0.05, 0.1) is 31.1 Å². The number of hydrogen-bond donors (Lipinski definition) is 1. The number of rotatable bonds is 6. The van der Waals surface area contributed by atoms with Gasteiger partial charge in [-0.1, -0.05) is 53.7 Å². The zero-order valence-electron chi connectivity index (χ0n) is 20.2. The van der Waals surface area contributed by atoms with Crippen LogP contribution < -0.4 is 14.2 Å². The molecule has 2 aliphatic rings. The van der Waals surface area contributed by atoms with Crippen molar-refractivity contribution in [1.82, 2.24) is 4.90 Å². The number of aliphatic imine (C=N–C) groups is 1. The molecule has 2 heterocycles. The van der Waals surface area contributed by atoms with E-state index in [0.29, 0.717) is 44.3 Å². The van der Waals surface area contributed by atoms with Crippen LogP contribution in [0.3, 0.4) is 0 Å². The summed E-state index contributed by atoms with van der Waals surface area (Å²) < 4.78 is 15.9. The van der Waals surface area contributed by atoms with Crippen LogP contribution in [0, 0.1) is 5.41 Å². The van der Waals surface area contributed by atoms with Gasteiger partial charge in [0.15, 0.2) is 16.7 Å². The normalized spacial score (nSPS) is 15.7. The Bertz CT molecular complexity index is 1560. The van der Waals surface area contributed by atoms with E-state index in [-0.39, 0.29) is 11.4 Å². The van der Waals surface area contributed by atoms with Crippen LogP contribution in [0.5, 0.6) is 17.2 Å². The Hall–Kier alpha value is -4.34. The lowest BCUT2D eigenvalue weighted by Crippen LogP contribution is -2.38. The molecule has 8 nitrogen and oxygen atoms in total. The second-order valence-electron chi connectivity index (χ2n) is 8.07. The van der Waals surface area contributed by atoms with E-state index in [2.05, 4.69) is 4.99 Å². The third-order valence-electron chi connectivity index (χ3n) is 5.79. The number of benzene rings is 3. The van der Waals surface area contributed by atoms with Crippen molar-refractivity contribution in [3.8, 4) is 17.2 Å². The predicted molar refractivity (Wildman–Crippen MR) is 148 cm³/mol. The van der Waals surface area contributed by atoms with Gasteiger partial charge in [-0.15, -0.1) is 0 Å². The van der Waals surface area contributed by atoms with Gasteiger partial charge >= 0.3 is 5.97 Å². The zero-order chi connectivity index (χ0) is 26.8. The fourth-order valence-corrected chi connectivity index (χ4v) is 5.00. The van der Waals surface area contributed by atoms with Gasteiger partial charge < -0.3 is 14.2 Å². The van der Waals surface area contributed by atoms with Gasteiger partial charge in [0.25, 0.3) is 5.91 Å². The first-order valence-electron chi connectivity index (χ1n) is 11.3. The van der Waals surface area contributed by atoms with Crippen LogP contribution in [0.15, 0.2) is 82.7 Å². The monoisotopic (exact) mass is 545 g/mol. The zero-order valence-corrected chi connectivity index (χ0v) is 21.8. The van der Waals surface area contributed by atoms with E-state index in [1.807, 2.05) is 23.6 Å². The van der Waals surface area contributed by atoms with Gasteiger partial charge in [0, 0.05) is 16.0 Å². The number of nitrogens with one attached hydrogen (secondary N) is 1. The van der Waals surface area contributed by atoms with Crippen LogP contribution in [-0.2, 0) is 4.79 Å². The van der Waals surface area contributed by atoms with E-state index in [4.69, 9.17) is 31.2 Å². The molecule has 3 aromatic rings. The van der Waals surface area contributed by atoms with E-state index in [9.17, 15) is 9.59 Å². The molecule has 5 rings (SSSR count). The van der Waals surface area contributed by atoms with Gasteiger partial charge in [-0.25, -0.2) is 4.79 Å². The Morgan fingerprint density at radius 2 is 1.76 bits per heavy atom. The molecule has 1 N–H and O–H groups in total. The summed E-state index contributed by atoms with van der Waals surface area (Å²) in [6, 6.07) is 18.7. The number of halogens is 1. The lowest BCUT2D eigenvalue weighted by molar-refractivity contribution is -0.114. The topological polar surface area (TPSA) is 101 Å². The summed E-state index contributed by atoms with van der Waals surface area (Å²) in [5.41, 5.74) is 2.49. The molecule has 0 atom stereocenters. The van der Waals surface area contributed by atoms with Gasteiger partial charge in [0.1, 0.15) is 11.6 Å². The average molecular weight is 546 g/mol. The fraction of sp³-hybridized carbons (Fsp3) is 0.0714. The van der Waals surface area contributed by atoms with Crippen molar-refractivity contribution in [2.45, 2.75) is 0 Å². The number of amidine groups is 2. The molecule has 0 fully saturated rings.